The quantitative estimate of drug-likeness (QED) is 0.619. The fourth-order valence-electron chi connectivity index (χ4n) is 4.65. The predicted molar refractivity (Wildman–Crippen MR) is 90.1 cm³/mol. The summed E-state index contributed by atoms with van der Waals surface area (Å²) in [7, 11) is 1.29. The average molecular weight is 363 g/mol. The van der Waals surface area contributed by atoms with Crippen LogP contribution in [0.5, 0.6) is 0 Å². The number of hydrogen-bond acceptors (Lipinski definition) is 4. The van der Waals surface area contributed by atoms with Crippen LogP contribution in [0.25, 0.3) is 0 Å². The van der Waals surface area contributed by atoms with Gasteiger partial charge in [-0.15, -0.1) is 0 Å². The zero-order valence-electron chi connectivity index (χ0n) is 15.2. The first kappa shape index (κ1) is 18.5. The Morgan fingerprint density at radius 3 is 2.62 bits per heavy atom. The van der Waals surface area contributed by atoms with E-state index in [-0.39, 0.29) is 18.4 Å². The summed E-state index contributed by atoms with van der Waals surface area (Å²) in [5, 5.41) is 1.76. The fraction of sp³-hybridized carbons (Fsp3) is 0.526. The van der Waals surface area contributed by atoms with Crippen molar-refractivity contribution in [1.29, 1.82) is 0 Å². The number of likely N-dealkylation sites (tertiary alicyclic amines) is 1. The number of hydrogen-bond donors (Lipinski definition) is 1. The summed E-state index contributed by atoms with van der Waals surface area (Å²) in [4.78, 5) is 39.9. The van der Waals surface area contributed by atoms with Gasteiger partial charge < -0.3 is 10.1 Å². The second kappa shape index (κ2) is 6.79. The second-order valence-corrected chi connectivity index (χ2v) is 6.95. The highest BCUT2D eigenvalue weighted by Gasteiger charge is 2.71. The molecule has 7 heteroatoms. The molecule has 0 spiro atoms. The summed E-state index contributed by atoms with van der Waals surface area (Å²) in [5.41, 5.74) is -0.567. The topological polar surface area (TPSA) is 80.3 Å². The number of amides is 2. The number of carbonyl (C=O) groups is 3. The van der Waals surface area contributed by atoms with Gasteiger partial charge in [-0.2, -0.15) is 0 Å². The van der Waals surface area contributed by atoms with Crippen molar-refractivity contribution in [2.75, 3.05) is 13.7 Å². The molecule has 2 fully saturated rings. The Morgan fingerprint density at radius 1 is 1.31 bits per heavy atom. The van der Waals surface area contributed by atoms with Crippen LogP contribution in [0.3, 0.4) is 0 Å². The van der Waals surface area contributed by atoms with Crippen molar-refractivity contribution >= 4 is 17.8 Å². The minimum atomic E-state index is -1.16. The highest BCUT2D eigenvalue weighted by molar-refractivity contribution is 6.08. The summed E-state index contributed by atoms with van der Waals surface area (Å²) >= 11 is 0. The normalized spacial score (nSPS) is 30.6. The van der Waals surface area contributed by atoms with Crippen LogP contribution in [0.2, 0.25) is 0 Å². The number of esters is 1. The number of carbonyl (C=O) groups excluding carboxylic acids is 3. The molecule has 4 atom stereocenters. The molecule has 0 bridgehead atoms. The first-order valence-corrected chi connectivity index (χ1v) is 8.96. The van der Waals surface area contributed by atoms with E-state index < -0.39 is 35.2 Å². The highest BCUT2D eigenvalue weighted by atomic mass is 19.1. The lowest BCUT2D eigenvalue weighted by Gasteiger charge is -2.28. The standard InChI is InChI=1S/C19H23FN2O4/c1-4-9-19(18(25)26-3)14-13(16(23)22(5-2)17(14)24)15(21-19)11-7-6-8-12(20)10-11/h6-8,10,13-15,21H,4-5,9H2,1-3H3/p+1/t13-,14+,15-,19+/m0/s1. The molecule has 2 aliphatic rings. The van der Waals surface area contributed by atoms with E-state index in [0.29, 0.717) is 18.4 Å². The molecule has 0 radical (unpaired) electrons. The first-order chi connectivity index (χ1) is 12.4. The van der Waals surface area contributed by atoms with Gasteiger partial charge in [0.1, 0.15) is 23.7 Å². The summed E-state index contributed by atoms with van der Waals surface area (Å²) < 4.78 is 18.8. The molecular weight excluding hydrogens is 339 g/mol. The van der Waals surface area contributed by atoms with Gasteiger partial charge in [0.25, 0.3) is 0 Å². The van der Waals surface area contributed by atoms with Crippen LogP contribution in [-0.4, -0.2) is 41.9 Å². The van der Waals surface area contributed by atoms with Crippen LogP contribution in [0.15, 0.2) is 24.3 Å². The molecule has 1 aromatic carbocycles. The maximum Gasteiger partial charge on any atom is 0.368 e. The van der Waals surface area contributed by atoms with Gasteiger partial charge in [0, 0.05) is 18.5 Å². The number of quaternary nitrogens is 1. The van der Waals surface area contributed by atoms with E-state index in [4.69, 9.17) is 4.74 Å². The van der Waals surface area contributed by atoms with Gasteiger partial charge in [0.05, 0.1) is 7.11 Å². The smallest absolute Gasteiger partial charge is 0.368 e. The van der Waals surface area contributed by atoms with Crippen LogP contribution in [0.4, 0.5) is 4.39 Å². The van der Waals surface area contributed by atoms with E-state index in [2.05, 4.69) is 0 Å². The third kappa shape index (κ3) is 2.53. The molecule has 3 rings (SSSR count). The third-order valence-corrected chi connectivity index (χ3v) is 5.64. The number of halogens is 1. The Hall–Kier alpha value is -2.28. The molecule has 2 amide bonds. The molecule has 1 aromatic rings. The summed E-state index contributed by atoms with van der Waals surface area (Å²) in [5.74, 6) is -3.05. The molecule has 0 aliphatic carbocycles. The molecule has 2 aliphatic heterocycles. The zero-order chi connectivity index (χ0) is 19.1. The van der Waals surface area contributed by atoms with Crippen molar-refractivity contribution in [1.82, 2.24) is 4.90 Å². The lowest BCUT2D eigenvalue weighted by molar-refractivity contribution is -0.735. The predicted octanol–water partition coefficient (Wildman–Crippen LogP) is 0.777. The lowest BCUT2D eigenvalue weighted by atomic mass is 9.77. The third-order valence-electron chi connectivity index (χ3n) is 5.64. The van der Waals surface area contributed by atoms with Crippen molar-refractivity contribution in [3.05, 3.63) is 35.6 Å². The molecule has 6 nitrogen and oxygen atoms in total. The largest absolute Gasteiger partial charge is 0.464 e. The van der Waals surface area contributed by atoms with Crippen molar-refractivity contribution in [2.45, 2.75) is 38.3 Å². The van der Waals surface area contributed by atoms with Crippen molar-refractivity contribution < 1.29 is 28.8 Å². The van der Waals surface area contributed by atoms with Crippen LogP contribution < -0.4 is 5.32 Å². The Labute approximate surface area is 151 Å². The molecule has 0 aromatic heterocycles. The zero-order valence-corrected chi connectivity index (χ0v) is 15.2. The first-order valence-electron chi connectivity index (χ1n) is 8.96. The molecule has 140 valence electrons. The Kier molecular flexibility index (Phi) is 4.84. The second-order valence-electron chi connectivity index (χ2n) is 6.95. The monoisotopic (exact) mass is 363 g/mol. The van der Waals surface area contributed by atoms with Crippen LogP contribution >= 0.6 is 0 Å². The van der Waals surface area contributed by atoms with E-state index in [1.54, 1.807) is 24.4 Å². The van der Waals surface area contributed by atoms with E-state index in [1.807, 2.05) is 6.92 Å². The Bertz CT molecular complexity index is 753. The Morgan fingerprint density at radius 2 is 2.04 bits per heavy atom. The number of benzene rings is 1. The van der Waals surface area contributed by atoms with Crippen molar-refractivity contribution in [3.63, 3.8) is 0 Å². The number of nitrogens with zero attached hydrogens (tertiary/aromatic N) is 1. The molecule has 2 saturated heterocycles. The van der Waals surface area contributed by atoms with Crippen molar-refractivity contribution in [2.24, 2.45) is 11.8 Å². The number of imide groups is 1. The van der Waals surface area contributed by atoms with E-state index in [0.717, 1.165) is 0 Å². The maximum absolute atomic E-state index is 13.8. The van der Waals surface area contributed by atoms with E-state index in [9.17, 15) is 18.8 Å². The molecular formula is C19H24FN2O4+. The number of rotatable bonds is 5. The lowest BCUT2D eigenvalue weighted by Crippen LogP contribution is -2.98. The van der Waals surface area contributed by atoms with Gasteiger partial charge in [-0.25, -0.2) is 9.18 Å². The molecule has 0 saturated carbocycles. The Balaban J connectivity index is 2.15. The van der Waals surface area contributed by atoms with E-state index in [1.165, 1.54) is 24.1 Å². The highest BCUT2D eigenvalue weighted by Crippen LogP contribution is 2.46. The van der Waals surface area contributed by atoms with Gasteiger partial charge in [-0.3, -0.25) is 14.5 Å². The van der Waals surface area contributed by atoms with Gasteiger partial charge in [0.2, 0.25) is 17.4 Å². The molecule has 2 heterocycles. The van der Waals surface area contributed by atoms with Gasteiger partial charge in [-0.05, 0) is 25.5 Å². The number of ether oxygens (including phenoxy) is 1. The fourth-order valence-corrected chi connectivity index (χ4v) is 4.65. The molecule has 26 heavy (non-hydrogen) atoms. The molecule has 2 N–H and O–H groups in total. The van der Waals surface area contributed by atoms with Gasteiger partial charge >= 0.3 is 5.97 Å². The van der Waals surface area contributed by atoms with Crippen LogP contribution in [-0.2, 0) is 19.1 Å². The minimum Gasteiger partial charge on any atom is -0.464 e. The van der Waals surface area contributed by atoms with Crippen LogP contribution in [0.1, 0.15) is 38.3 Å². The van der Waals surface area contributed by atoms with Gasteiger partial charge in [-0.1, -0.05) is 19.1 Å². The summed E-state index contributed by atoms with van der Waals surface area (Å²) in [6, 6.07) is 5.49. The summed E-state index contributed by atoms with van der Waals surface area (Å²) in [6.45, 7) is 3.91. The van der Waals surface area contributed by atoms with Gasteiger partial charge in [0.15, 0.2) is 0 Å². The van der Waals surface area contributed by atoms with Crippen molar-refractivity contribution in [3.8, 4) is 0 Å². The number of methoxy groups -OCH3 is 1. The minimum absolute atomic E-state index is 0.254. The van der Waals surface area contributed by atoms with Crippen LogP contribution in [0, 0.1) is 17.7 Å². The number of fused-ring (bicyclic) bond motifs is 1. The molecule has 0 unspecified atom stereocenters. The maximum atomic E-state index is 13.8. The van der Waals surface area contributed by atoms with E-state index >= 15 is 0 Å². The number of nitrogens with two attached hydrogens (primary N) is 1. The SMILES string of the molecule is CCC[C@@]1(C(=O)OC)[NH2+][C@@H](c2cccc(F)c2)[C@H]2C(=O)N(CC)C(=O)[C@@H]21. The average Bonchev–Trinajstić information content (AvgIpc) is 3.09. The summed E-state index contributed by atoms with van der Waals surface area (Å²) in [6.07, 6.45) is 1.06.